The van der Waals surface area contributed by atoms with E-state index in [1.807, 2.05) is 54.7 Å². The summed E-state index contributed by atoms with van der Waals surface area (Å²) in [4.78, 5) is 31.1. The minimum absolute atomic E-state index is 0.0882. The molecule has 0 saturated carbocycles. The van der Waals surface area contributed by atoms with Gasteiger partial charge in [-0.05, 0) is 35.2 Å². The van der Waals surface area contributed by atoms with Gasteiger partial charge in [-0.25, -0.2) is 0 Å². The summed E-state index contributed by atoms with van der Waals surface area (Å²) in [5, 5.41) is 2.19. The molecule has 0 aliphatic carbocycles. The molecular weight excluding hydrogens is 422 g/mol. The van der Waals surface area contributed by atoms with Crippen LogP contribution in [0.15, 0.2) is 91.3 Å². The van der Waals surface area contributed by atoms with Crippen LogP contribution in [0.2, 0.25) is 0 Å². The van der Waals surface area contributed by atoms with E-state index in [1.165, 1.54) is 10.5 Å². The molecule has 5 nitrogen and oxygen atoms in total. The number of imide groups is 1. The number of benzene rings is 3. The molecule has 3 heterocycles. The highest BCUT2D eigenvalue weighted by molar-refractivity contribution is 6.08. The van der Waals surface area contributed by atoms with Crippen LogP contribution in [-0.2, 0) is 22.6 Å². The fraction of sp³-hybridized carbons (Fsp3) is 0.172. The standard InChI is InChI=1S/C29H25N3O2/c33-28-16-24(29(34)32(28)15-14-21-17-30-26-12-6-4-10-22(21)26)25-19-31(18-20-8-2-1-3-9-20)27-13-7-5-11-23(25)27/h1-13,17,19,24,30H,14-16,18H2. The molecule has 1 aliphatic rings. The van der Waals surface area contributed by atoms with Crippen molar-refractivity contribution in [2.45, 2.75) is 25.3 Å². The maximum atomic E-state index is 13.4. The van der Waals surface area contributed by atoms with Crippen LogP contribution in [0, 0.1) is 0 Å². The fourth-order valence-electron chi connectivity index (χ4n) is 5.20. The molecule has 0 spiro atoms. The Bertz CT molecular complexity index is 1510. The van der Waals surface area contributed by atoms with Crippen molar-refractivity contribution >= 4 is 33.6 Å². The zero-order valence-corrected chi connectivity index (χ0v) is 18.8. The highest BCUT2D eigenvalue weighted by Crippen LogP contribution is 2.36. The van der Waals surface area contributed by atoms with Gasteiger partial charge in [0.15, 0.2) is 0 Å². The second-order valence-corrected chi connectivity index (χ2v) is 8.96. The Balaban J connectivity index is 1.27. The first kappa shape index (κ1) is 20.5. The number of rotatable bonds is 6. The van der Waals surface area contributed by atoms with Gasteiger partial charge in [0.1, 0.15) is 0 Å². The lowest BCUT2D eigenvalue weighted by molar-refractivity contribution is -0.138. The molecule has 6 rings (SSSR count). The van der Waals surface area contributed by atoms with Gasteiger partial charge in [-0.3, -0.25) is 14.5 Å². The number of nitrogens with zero attached hydrogens (tertiary/aromatic N) is 2. The molecule has 1 unspecified atom stereocenters. The van der Waals surface area contributed by atoms with Gasteiger partial charge >= 0.3 is 0 Å². The van der Waals surface area contributed by atoms with E-state index in [0.717, 1.165) is 39.5 Å². The van der Waals surface area contributed by atoms with Crippen molar-refractivity contribution in [3.63, 3.8) is 0 Å². The Kier molecular flexibility index (Phi) is 5.02. The van der Waals surface area contributed by atoms with E-state index in [9.17, 15) is 9.59 Å². The number of likely N-dealkylation sites (tertiary alicyclic amines) is 1. The topological polar surface area (TPSA) is 58.1 Å². The van der Waals surface area contributed by atoms with Crippen LogP contribution < -0.4 is 0 Å². The smallest absolute Gasteiger partial charge is 0.237 e. The van der Waals surface area contributed by atoms with Crippen molar-refractivity contribution in [2.24, 2.45) is 0 Å². The van der Waals surface area contributed by atoms with E-state index in [-0.39, 0.29) is 18.2 Å². The van der Waals surface area contributed by atoms with Crippen molar-refractivity contribution in [3.8, 4) is 0 Å². The molecule has 2 aromatic heterocycles. The number of fused-ring (bicyclic) bond motifs is 2. The van der Waals surface area contributed by atoms with E-state index >= 15 is 0 Å². The number of hydrogen-bond donors (Lipinski definition) is 1. The van der Waals surface area contributed by atoms with Gasteiger partial charge in [0.25, 0.3) is 0 Å². The summed E-state index contributed by atoms with van der Waals surface area (Å²) in [6.45, 7) is 1.12. The summed E-state index contributed by atoms with van der Waals surface area (Å²) in [6, 6.07) is 26.5. The van der Waals surface area contributed by atoms with Crippen molar-refractivity contribution in [3.05, 3.63) is 108 Å². The maximum Gasteiger partial charge on any atom is 0.237 e. The van der Waals surface area contributed by atoms with Crippen LogP contribution in [0.25, 0.3) is 21.8 Å². The molecule has 5 heteroatoms. The average molecular weight is 448 g/mol. The van der Waals surface area contributed by atoms with Gasteiger partial charge in [0.05, 0.1) is 5.92 Å². The van der Waals surface area contributed by atoms with Crippen molar-refractivity contribution < 1.29 is 9.59 Å². The molecule has 0 radical (unpaired) electrons. The molecule has 1 atom stereocenters. The zero-order chi connectivity index (χ0) is 23.1. The molecule has 1 fully saturated rings. The number of hydrogen-bond acceptors (Lipinski definition) is 2. The Hall–Kier alpha value is -4.12. The summed E-state index contributed by atoms with van der Waals surface area (Å²) in [5.74, 6) is -0.612. The van der Waals surface area contributed by atoms with E-state index < -0.39 is 5.92 Å². The van der Waals surface area contributed by atoms with E-state index in [1.54, 1.807) is 0 Å². The lowest BCUT2D eigenvalue weighted by Gasteiger charge is -2.14. The van der Waals surface area contributed by atoms with Gasteiger partial charge in [-0.15, -0.1) is 0 Å². The van der Waals surface area contributed by atoms with Crippen molar-refractivity contribution in [2.75, 3.05) is 6.54 Å². The van der Waals surface area contributed by atoms with Gasteiger partial charge in [-0.1, -0.05) is 66.7 Å². The van der Waals surface area contributed by atoms with Crippen molar-refractivity contribution in [1.82, 2.24) is 14.5 Å². The van der Waals surface area contributed by atoms with Crippen molar-refractivity contribution in [1.29, 1.82) is 0 Å². The third-order valence-corrected chi connectivity index (χ3v) is 6.91. The molecule has 1 saturated heterocycles. The number of carbonyl (C=O) groups is 2. The SMILES string of the molecule is O=C1CC(c2cn(Cc3ccccc3)c3ccccc23)C(=O)N1CCc1c[nH]c2ccccc12. The summed E-state index contributed by atoms with van der Waals surface area (Å²) < 4.78 is 2.19. The highest BCUT2D eigenvalue weighted by atomic mass is 16.2. The van der Waals surface area contributed by atoms with Crippen LogP contribution >= 0.6 is 0 Å². The van der Waals surface area contributed by atoms with Crippen LogP contribution in [0.4, 0.5) is 0 Å². The first-order valence-electron chi connectivity index (χ1n) is 11.7. The average Bonchev–Trinajstić information content (AvgIpc) is 3.53. The Labute approximate surface area is 197 Å². The van der Waals surface area contributed by atoms with Crippen LogP contribution in [0.3, 0.4) is 0 Å². The molecule has 1 aliphatic heterocycles. The lowest BCUT2D eigenvalue weighted by atomic mass is 9.97. The third-order valence-electron chi connectivity index (χ3n) is 6.91. The molecule has 5 aromatic rings. The second kappa shape index (κ2) is 8.34. The normalized spacial score (nSPS) is 16.2. The first-order valence-corrected chi connectivity index (χ1v) is 11.7. The van der Waals surface area contributed by atoms with E-state index in [4.69, 9.17) is 0 Å². The largest absolute Gasteiger partial charge is 0.361 e. The Morgan fingerprint density at radius 2 is 1.59 bits per heavy atom. The number of H-pyrrole nitrogens is 1. The van der Waals surface area contributed by atoms with E-state index in [0.29, 0.717) is 13.0 Å². The number of aromatic nitrogens is 2. The fourth-order valence-corrected chi connectivity index (χ4v) is 5.20. The predicted octanol–water partition coefficient (Wildman–Crippen LogP) is 5.26. The number of nitrogens with one attached hydrogen (secondary N) is 1. The van der Waals surface area contributed by atoms with E-state index in [2.05, 4.69) is 46.1 Å². The second-order valence-electron chi connectivity index (χ2n) is 8.96. The van der Waals surface area contributed by atoms with Gasteiger partial charge in [0, 0.05) is 53.7 Å². The minimum Gasteiger partial charge on any atom is -0.361 e. The highest BCUT2D eigenvalue weighted by Gasteiger charge is 2.40. The quantitative estimate of drug-likeness (QED) is 0.361. The monoisotopic (exact) mass is 447 g/mol. The van der Waals surface area contributed by atoms with Crippen LogP contribution in [0.5, 0.6) is 0 Å². The summed E-state index contributed by atoms with van der Waals surface area (Å²) in [7, 11) is 0. The third kappa shape index (κ3) is 3.50. The van der Waals surface area contributed by atoms with Crippen LogP contribution in [-0.4, -0.2) is 32.8 Å². The van der Waals surface area contributed by atoms with Gasteiger partial charge in [-0.2, -0.15) is 0 Å². The predicted molar refractivity (Wildman–Crippen MR) is 134 cm³/mol. The molecule has 0 bridgehead atoms. The summed E-state index contributed by atoms with van der Waals surface area (Å²) in [6.07, 6.45) is 4.91. The van der Waals surface area contributed by atoms with Gasteiger partial charge < -0.3 is 9.55 Å². The summed E-state index contributed by atoms with van der Waals surface area (Å²) >= 11 is 0. The zero-order valence-electron chi connectivity index (χ0n) is 18.8. The molecule has 3 aromatic carbocycles. The minimum atomic E-state index is -0.433. The number of para-hydroxylation sites is 2. The molecule has 1 N–H and O–H groups in total. The lowest BCUT2D eigenvalue weighted by Crippen LogP contribution is -2.32. The first-order chi connectivity index (χ1) is 16.7. The van der Waals surface area contributed by atoms with Gasteiger partial charge in [0.2, 0.25) is 11.8 Å². The summed E-state index contributed by atoms with van der Waals surface area (Å²) in [5.41, 5.74) is 5.42. The number of amides is 2. The number of aromatic amines is 1. The molecule has 168 valence electrons. The molecular formula is C29H25N3O2. The Morgan fingerprint density at radius 3 is 2.44 bits per heavy atom. The molecule has 34 heavy (non-hydrogen) atoms. The van der Waals surface area contributed by atoms with Crippen LogP contribution in [0.1, 0.15) is 29.0 Å². The molecule has 2 amide bonds. The maximum absolute atomic E-state index is 13.4. The number of carbonyl (C=O) groups excluding carboxylic acids is 2. The Morgan fingerprint density at radius 1 is 0.853 bits per heavy atom.